The third kappa shape index (κ3) is 4.11. The highest BCUT2D eigenvalue weighted by Crippen LogP contribution is 2.43. The molecule has 31 heavy (non-hydrogen) atoms. The minimum atomic E-state index is -0.110. The largest absolute Gasteiger partial charge is 0.494 e. The minimum Gasteiger partial charge on any atom is -0.494 e. The Hall–Kier alpha value is -3.39. The Kier molecular flexibility index (Phi) is 5.90. The van der Waals surface area contributed by atoms with Gasteiger partial charge in [0.2, 0.25) is 5.91 Å². The molecule has 1 amide bonds. The van der Waals surface area contributed by atoms with Crippen LogP contribution >= 0.6 is 12.2 Å². The number of ether oxygens (including phenoxy) is 1. The first-order valence-corrected chi connectivity index (χ1v) is 10.5. The highest BCUT2D eigenvalue weighted by molar-refractivity contribution is 7.80. The molecule has 0 bridgehead atoms. The lowest BCUT2D eigenvalue weighted by Crippen LogP contribution is -2.29. The van der Waals surface area contributed by atoms with Crippen LogP contribution in [0.5, 0.6) is 5.75 Å². The predicted octanol–water partition coefficient (Wildman–Crippen LogP) is 3.95. The Labute approximate surface area is 187 Å². The molecule has 3 heterocycles. The number of amides is 1. The van der Waals surface area contributed by atoms with Crippen LogP contribution in [-0.4, -0.2) is 27.7 Å². The summed E-state index contributed by atoms with van der Waals surface area (Å²) in [5, 5.41) is 6.93. The maximum Gasteiger partial charge on any atom is 0.224 e. The number of carbonyl (C=O) groups excluding carboxylic acids is 1. The molecule has 0 spiro atoms. The Morgan fingerprint density at radius 2 is 2.13 bits per heavy atom. The van der Waals surface area contributed by atoms with Gasteiger partial charge in [0.25, 0.3) is 0 Å². The second-order valence-corrected chi connectivity index (χ2v) is 7.78. The number of anilines is 2. The highest BCUT2D eigenvalue weighted by atomic mass is 32.1. The van der Waals surface area contributed by atoms with Gasteiger partial charge in [-0.25, -0.2) is 0 Å². The molecule has 0 radical (unpaired) electrons. The van der Waals surface area contributed by atoms with Crippen molar-refractivity contribution in [3.05, 3.63) is 72.3 Å². The number of hydrogen-bond acceptors (Lipinski definition) is 4. The quantitative estimate of drug-likeness (QED) is 0.571. The molecule has 0 unspecified atom stereocenters. The zero-order valence-corrected chi connectivity index (χ0v) is 18.5. The smallest absolute Gasteiger partial charge is 0.224 e. The average molecular weight is 436 g/mol. The Bertz CT molecular complexity index is 1100. The maximum atomic E-state index is 11.9. The topological polar surface area (TPSA) is 71.4 Å². The van der Waals surface area contributed by atoms with Gasteiger partial charge in [-0.15, -0.1) is 0 Å². The van der Waals surface area contributed by atoms with Crippen LogP contribution in [0.15, 0.2) is 61.1 Å². The molecular weight excluding hydrogens is 410 g/mol. The van der Waals surface area contributed by atoms with E-state index in [0.717, 1.165) is 16.9 Å². The summed E-state index contributed by atoms with van der Waals surface area (Å²) in [6.07, 6.45) is 6.30. The predicted molar refractivity (Wildman–Crippen MR) is 125 cm³/mol. The van der Waals surface area contributed by atoms with Gasteiger partial charge in [-0.3, -0.25) is 9.78 Å². The van der Waals surface area contributed by atoms with Crippen molar-refractivity contribution >= 4 is 34.6 Å². The van der Waals surface area contributed by atoms with E-state index in [1.807, 2.05) is 61.1 Å². The minimum absolute atomic E-state index is 0.0678. The van der Waals surface area contributed by atoms with E-state index in [9.17, 15) is 4.79 Å². The fraction of sp³-hybridized carbons (Fsp3) is 0.261. The molecule has 0 saturated carbocycles. The monoisotopic (exact) mass is 435 g/mol. The van der Waals surface area contributed by atoms with E-state index >= 15 is 0 Å². The number of carbonyl (C=O) groups is 1. The SMILES string of the molecule is CCC(=O)Nc1ccc(N2C(=S)N[C@@H](c3ccccn3)[C@@H]2c2ccn(C)c2)cc1OC. The number of nitrogens with zero attached hydrogens (tertiary/aromatic N) is 3. The van der Waals surface area contributed by atoms with Crippen LogP contribution in [0.4, 0.5) is 11.4 Å². The van der Waals surface area contributed by atoms with E-state index in [0.29, 0.717) is 23.0 Å². The van der Waals surface area contributed by atoms with E-state index < -0.39 is 0 Å². The number of aryl methyl sites for hydroxylation is 1. The van der Waals surface area contributed by atoms with Crippen molar-refractivity contribution < 1.29 is 9.53 Å². The third-order valence-electron chi connectivity index (χ3n) is 5.35. The molecule has 1 aliphatic heterocycles. The van der Waals surface area contributed by atoms with Gasteiger partial charge in [0, 0.05) is 43.8 Å². The molecule has 4 rings (SSSR count). The maximum absolute atomic E-state index is 11.9. The average Bonchev–Trinajstić information content (AvgIpc) is 3.37. The summed E-state index contributed by atoms with van der Waals surface area (Å²) in [5.41, 5.74) is 3.54. The zero-order chi connectivity index (χ0) is 22.0. The van der Waals surface area contributed by atoms with Gasteiger partial charge >= 0.3 is 0 Å². The van der Waals surface area contributed by atoms with Crippen LogP contribution in [0, 0.1) is 0 Å². The molecule has 1 fully saturated rings. The van der Waals surface area contributed by atoms with E-state index in [2.05, 4.69) is 32.8 Å². The molecule has 1 saturated heterocycles. The van der Waals surface area contributed by atoms with Crippen molar-refractivity contribution in [2.24, 2.45) is 7.05 Å². The van der Waals surface area contributed by atoms with E-state index in [1.165, 1.54) is 0 Å². The molecule has 2 aromatic heterocycles. The van der Waals surface area contributed by atoms with Crippen LogP contribution in [0.2, 0.25) is 0 Å². The number of pyridine rings is 1. The summed E-state index contributed by atoms with van der Waals surface area (Å²) in [4.78, 5) is 18.5. The molecule has 160 valence electrons. The molecule has 7 nitrogen and oxygen atoms in total. The molecule has 2 atom stereocenters. The lowest BCUT2D eigenvalue weighted by Gasteiger charge is -2.28. The van der Waals surface area contributed by atoms with E-state index in [4.69, 9.17) is 17.0 Å². The summed E-state index contributed by atoms with van der Waals surface area (Å²) in [6, 6.07) is 13.5. The number of aromatic nitrogens is 2. The summed E-state index contributed by atoms with van der Waals surface area (Å²) < 4.78 is 7.58. The first-order valence-electron chi connectivity index (χ1n) is 10.1. The fourth-order valence-electron chi connectivity index (χ4n) is 3.84. The van der Waals surface area contributed by atoms with Crippen LogP contribution in [0.1, 0.15) is 36.7 Å². The van der Waals surface area contributed by atoms with Crippen molar-refractivity contribution in [3.63, 3.8) is 0 Å². The molecule has 1 aromatic carbocycles. The second kappa shape index (κ2) is 8.77. The van der Waals surface area contributed by atoms with Gasteiger partial charge in [-0.1, -0.05) is 13.0 Å². The summed E-state index contributed by atoms with van der Waals surface area (Å²) >= 11 is 5.75. The van der Waals surface area contributed by atoms with Gasteiger partial charge in [0.1, 0.15) is 5.75 Å². The first-order chi connectivity index (χ1) is 15.0. The van der Waals surface area contributed by atoms with Crippen molar-refractivity contribution in [1.29, 1.82) is 0 Å². The molecule has 8 heteroatoms. The molecular formula is C23H25N5O2S. The Morgan fingerprint density at radius 1 is 1.29 bits per heavy atom. The number of thiocarbonyl (C=S) groups is 1. The van der Waals surface area contributed by atoms with Crippen molar-refractivity contribution in [2.75, 3.05) is 17.3 Å². The first kappa shape index (κ1) is 20.9. The van der Waals surface area contributed by atoms with Gasteiger partial charge < -0.3 is 24.8 Å². The summed E-state index contributed by atoms with van der Waals surface area (Å²) in [6.45, 7) is 1.81. The fourth-order valence-corrected chi connectivity index (χ4v) is 4.19. The van der Waals surface area contributed by atoms with Crippen LogP contribution in [0.3, 0.4) is 0 Å². The number of methoxy groups -OCH3 is 1. The number of rotatable bonds is 6. The van der Waals surface area contributed by atoms with E-state index in [-0.39, 0.29) is 18.0 Å². The van der Waals surface area contributed by atoms with Crippen LogP contribution in [0.25, 0.3) is 0 Å². The number of hydrogen-bond donors (Lipinski definition) is 2. The van der Waals surface area contributed by atoms with Crippen LogP contribution in [-0.2, 0) is 11.8 Å². The normalized spacial score (nSPS) is 18.0. The second-order valence-electron chi connectivity index (χ2n) is 7.39. The Morgan fingerprint density at radius 3 is 2.77 bits per heavy atom. The number of nitrogens with one attached hydrogen (secondary N) is 2. The summed E-state index contributed by atoms with van der Waals surface area (Å²) in [5.74, 6) is 0.511. The van der Waals surface area contributed by atoms with Crippen molar-refractivity contribution in [2.45, 2.75) is 25.4 Å². The third-order valence-corrected chi connectivity index (χ3v) is 5.67. The van der Waals surface area contributed by atoms with Crippen molar-refractivity contribution in [1.82, 2.24) is 14.9 Å². The van der Waals surface area contributed by atoms with Crippen LogP contribution < -0.4 is 20.3 Å². The lowest BCUT2D eigenvalue weighted by atomic mass is 9.98. The molecule has 1 aliphatic rings. The van der Waals surface area contributed by atoms with Gasteiger partial charge in [0.05, 0.1) is 30.6 Å². The van der Waals surface area contributed by atoms with Gasteiger partial charge in [-0.2, -0.15) is 0 Å². The zero-order valence-electron chi connectivity index (χ0n) is 17.7. The molecule has 3 aromatic rings. The lowest BCUT2D eigenvalue weighted by molar-refractivity contribution is -0.115. The standard InChI is InChI=1S/C23H25N5O2S/c1-4-20(29)25-17-9-8-16(13-19(17)30-3)28-22(15-10-12-27(2)14-15)21(26-23(28)31)18-7-5-6-11-24-18/h5-14,21-22H,4H2,1-3H3,(H,25,29)(H,26,31)/t21-,22-/m0/s1. The van der Waals surface area contributed by atoms with Gasteiger partial charge in [0.15, 0.2) is 5.11 Å². The van der Waals surface area contributed by atoms with Crippen molar-refractivity contribution in [3.8, 4) is 5.75 Å². The van der Waals surface area contributed by atoms with E-state index in [1.54, 1.807) is 13.3 Å². The summed E-state index contributed by atoms with van der Waals surface area (Å²) in [7, 11) is 3.59. The highest BCUT2D eigenvalue weighted by Gasteiger charge is 2.41. The molecule has 0 aliphatic carbocycles. The number of benzene rings is 1. The van der Waals surface area contributed by atoms with Gasteiger partial charge in [-0.05, 0) is 48.1 Å². The Balaban J connectivity index is 1.76. The molecule has 2 N–H and O–H groups in total.